The lowest BCUT2D eigenvalue weighted by Gasteiger charge is -2.16. The maximum atomic E-state index is 13.5. The molecular weight excluding hydrogens is 285 g/mol. The zero-order valence-corrected chi connectivity index (χ0v) is 11.8. The molecular formula is C13H17BrFNO. The molecule has 0 aromatic heterocycles. The van der Waals surface area contributed by atoms with Gasteiger partial charge in [0.25, 0.3) is 5.91 Å². The van der Waals surface area contributed by atoms with Crippen LogP contribution in [0, 0.1) is 11.7 Å². The molecule has 0 fully saturated rings. The molecule has 0 aliphatic heterocycles. The Bertz CT molecular complexity index is 386. The van der Waals surface area contributed by atoms with Crippen LogP contribution in [0.25, 0.3) is 0 Å². The third-order valence-corrected chi connectivity index (χ3v) is 3.05. The molecule has 0 bridgehead atoms. The first-order chi connectivity index (χ1) is 7.91. The molecule has 0 saturated carbocycles. The molecule has 1 rings (SSSR count). The highest BCUT2D eigenvalue weighted by atomic mass is 79.9. The van der Waals surface area contributed by atoms with Crippen LogP contribution in [0.3, 0.4) is 0 Å². The molecule has 0 heterocycles. The van der Waals surface area contributed by atoms with Gasteiger partial charge in [-0.05, 0) is 47.3 Å². The van der Waals surface area contributed by atoms with Gasteiger partial charge in [-0.3, -0.25) is 4.79 Å². The lowest BCUT2D eigenvalue weighted by Crippen LogP contribution is -2.34. The fourth-order valence-corrected chi connectivity index (χ4v) is 2.30. The Morgan fingerprint density at radius 3 is 2.59 bits per heavy atom. The highest BCUT2D eigenvalue weighted by Crippen LogP contribution is 2.19. The predicted molar refractivity (Wildman–Crippen MR) is 70.5 cm³/mol. The Hall–Kier alpha value is -0.900. The summed E-state index contributed by atoms with van der Waals surface area (Å²) in [6.45, 7) is 6.09. The van der Waals surface area contributed by atoms with Crippen LogP contribution in [0.2, 0.25) is 0 Å². The fourth-order valence-electron chi connectivity index (χ4n) is 1.78. The van der Waals surface area contributed by atoms with Gasteiger partial charge < -0.3 is 5.32 Å². The van der Waals surface area contributed by atoms with E-state index in [2.05, 4.69) is 35.1 Å². The van der Waals surface area contributed by atoms with Gasteiger partial charge in [-0.15, -0.1) is 0 Å². The van der Waals surface area contributed by atoms with Gasteiger partial charge >= 0.3 is 0 Å². The van der Waals surface area contributed by atoms with Crippen LogP contribution in [-0.2, 0) is 0 Å². The number of rotatable bonds is 4. The van der Waals surface area contributed by atoms with E-state index in [-0.39, 0.29) is 17.5 Å². The minimum absolute atomic E-state index is 0.0361. The van der Waals surface area contributed by atoms with E-state index in [1.54, 1.807) is 12.1 Å². The van der Waals surface area contributed by atoms with E-state index in [1.807, 2.05) is 6.92 Å². The van der Waals surface area contributed by atoms with Crippen molar-refractivity contribution in [1.29, 1.82) is 0 Å². The average Bonchev–Trinajstić information content (AvgIpc) is 2.15. The third kappa shape index (κ3) is 4.11. The maximum Gasteiger partial charge on any atom is 0.255 e. The topological polar surface area (TPSA) is 29.1 Å². The first-order valence-corrected chi connectivity index (χ1v) is 6.46. The van der Waals surface area contributed by atoms with Gasteiger partial charge in [0.15, 0.2) is 0 Å². The van der Waals surface area contributed by atoms with E-state index in [0.717, 1.165) is 6.42 Å². The standard InChI is InChI=1S/C13H17BrFNO/c1-8(2)7-9(3)16-13(17)12-10(14)5-4-6-11(12)15/h4-6,8-9H,7H2,1-3H3,(H,16,17). The summed E-state index contributed by atoms with van der Waals surface area (Å²) in [5.74, 6) is -0.383. The zero-order valence-electron chi connectivity index (χ0n) is 10.3. The minimum Gasteiger partial charge on any atom is -0.349 e. The van der Waals surface area contributed by atoms with Crippen LogP contribution < -0.4 is 5.32 Å². The largest absolute Gasteiger partial charge is 0.349 e. The van der Waals surface area contributed by atoms with Crippen molar-refractivity contribution in [2.24, 2.45) is 5.92 Å². The highest BCUT2D eigenvalue weighted by molar-refractivity contribution is 9.10. The number of carbonyl (C=O) groups is 1. The fraction of sp³-hybridized carbons (Fsp3) is 0.462. The van der Waals surface area contributed by atoms with E-state index in [0.29, 0.717) is 10.4 Å². The van der Waals surface area contributed by atoms with Gasteiger partial charge in [0.1, 0.15) is 5.82 Å². The van der Waals surface area contributed by atoms with E-state index in [1.165, 1.54) is 6.07 Å². The molecule has 0 spiro atoms. The number of hydrogen-bond donors (Lipinski definition) is 1. The van der Waals surface area contributed by atoms with Crippen molar-refractivity contribution in [3.05, 3.63) is 34.1 Å². The molecule has 1 atom stereocenters. The lowest BCUT2D eigenvalue weighted by molar-refractivity contribution is 0.0931. The van der Waals surface area contributed by atoms with Crippen LogP contribution in [0.1, 0.15) is 37.6 Å². The van der Waals surface area contributed by atoms with E-state index in [4.69, 9.17) is 0 Å². The molecule has 1 aromatic rings. The Kier molecular flexibility index (Phi) is 5.12. The Labute approximate surface area is 110 Å². The van der Waals surface area contributed by atoms with Crippen molar-refractivity contribution in [3.63, 3.8) is 0 Å². The molecule has 1 aromatic carbocycles. The van der Waals surface area contributed by atoms with Crippen molar-refractivity contribution in [2.75, 3.05) is 0 Å². The average molecular weight is 302 g/mol. The Morgan fingerprint density at radius 1 is 1.41 bits per heavy atom. The highest BCUT2D eigenvalue weighted by Gasteiger charge is 2.17. The summed E-state index contributed by atoms with van der Waals surface area (Å²) in [4.78, 5) is 11.9. The van der Waals surface area contributed by atoms with Crippen molar-refractivity contribution >= 4 is 21.8 Å². The lowest BCUT2D eigenvalue weighted by atomic mass is 10.0. The summed E-state index contributed by atoms with van der Waals surface area (Å²) in [5.41, 5.74) is 0.0723. The molecule has 94 valence electrons. The van der Waals surface area contributed by atoms with E-state index >= 15 is 0 Å². The van der Waals surface area contributed by atoms with Crippen LogP contribution in [0.5, 0.6) is 0 Å². The molecule has 2 nitrogen and oxygen atoms in total. The van der Waals surface area contributed by atoms with Crippen LogP contribution in [0.15, 0.2) is 22.7 Å². The summed E-state index contributed by atoms with van der Waals surface area (Å²) in [6, 6.07) is 4.54. The van der Waals surface area contributed by atoms with Crippen molar-refractivity contribution in [3.8, 4) is 0 Å². The molecule has 1 amide bonds. The van der Waals surface area contributed by atoms with Gasteiger partial charge in [0.05, 0.1) is 5.56 Å². The van der Waals surface area contributed by atoms with Crippen molar-refractivity contribution in [2.45, 2.75) is 33.2 Å². The molecule has 0 aliphatic carbocycles. The second-order valence-electron chi connectivity index (χ2n) is 4.60. The van der Waals surface area contributed by atoms with Gasteiger partial charge in [-0.25, -0.2) is 4.39 Å². The Morgan fingerprint density at radius 2 is 2.06 bits per heavy atom. The Balaban J connectivity index is 2.77. The maximum absolute atomic E-state index is 13.5. The van der Waals surface area contributed by atoms with Crippen LogP contribution in [0.4, 0.5) is 4.39 Å². The molecule has 0 radical (unpaired) electrons. The normalized spacial score (nSPS) is 12.6. The zero-order chi connectivity index (χ0) is 13.0. The first kappa shape index (κ1) is 14.2. The summed E-state index contributed by atoms with van der Waals surface area (Å²) in [6.07, 6.45) is 0.873. The summed E-state index contributed by atoms with van der Waals surface area (Å²) >= 11 is 3.19. The van der Waals surface area contributed by atoms with Gasteiger partial charge in [0, 0.05) is 10.5 Å². The third-order valence-electron chi connectivity index (χ3n) is 2.39. The van der Waals surface area contributed by atoms with Crippen molar-refractivity contribution in [1.82, 2.24) is 5.32 Å². The monoisotopic (exact) mass is 301 g/mol. The minimum atomic E-state index is -0.506. The smallest absolute Gasteiger partial charge is 0.255 e. The number of nitrogens with one attached hydrogen (secondary N) is 1. The number of amides is 1. The number of halogens is 2. The van der Waals surface area contributed by atoms with E-state index in [9.17, 15) is 9.18 Å². The second-order valence-corrected chi connectivity index (χ2v) is 5.46. The molecule has 0 saturated heterocycles. The molecule has 17 heavy (non-hydrogen) atoms. The first-order valence-electron chi connectivity index (χ1n) is 5.66. The second kappa shape index (κ2) is 6.15. The number of carbonyl (C=O) groups excluding carboxylic acids is 1. The molecule has 0 aliphatic rings. The van der Waals surface area contributed by atoms with Crippen LogP contribution >= 0.6 is 15.9 Å². The van der Waals surface area contributed by atoms with Crippen LogP contribution in [-0.4, -0.2) is 11.9 Å². The predicted octanol–water partition coefficient (Wildman–Crippen LogP) is 3.75. The molecule has 1 unspecified atom stereocenters. The number of hydrogen-bond acceptors (Lipinski definition) is 1. The number of benzene rings is 1. The quantitative estimate of drug-likeness (QED) is 0.901. The van der Waals surface area contributed by atoms with E-state index < -0.39 is 5.82 Å². The van der Waals surface area contributed by atoms with Gasteiger partial charge in [0.2, 0.25) is 0 Å². The van der Waals surface area contributed by atoms with Crippen molar-refractivity contribution < 1.29 is 9.18 Å². The molecule has 1 N–H and O–H groups in total. The molecule has 4 heteroatoms. The summed E-state index contributed by atoms with van der Waals surface area (Å²) < 4.78 is 14.0. The summed E-state index contributed by atoms with van der Waals surface area (Å²) in [7, 11) is 0. The van der Waals surface area contributed by atoms with Gasteiger partial charge in [-0.1, -0.05) is 19.9 Å². The summed E-state index contributed by atoms with van der Waals surface area (Å²) in [5, 5.41) is 2.80. The SMILES string of the molecule is CC(C)CC(C)NC(=O)c1c(F)cccc1Br. The van der Waals surface area contributed by atoms with Gasteiger partial charge in [-0.2, -0.15) is 0 Å².